The predicted molar refractivity (Wildman–Crippen MR) is 68.0 cm³/mol. The molecule has 0 radical (unpaired) electrons. The van der Waals surface area contributed by atoms with Gasteiger partial charge in [-0.25, -0.2) is 0 Å². The zero-order valence-corrected chi connectivity index (χ0v) is 11.1. The second-order valence-electron chi connectivity index (χ2n) is 4.10. The van der Waals surface area contributed by atoms with Gasteiger partial charge in [0, 0.05) is 13.2 Å². The van der Waals surface area contributed by atoms with Gasteiger partial charge in [0.1, 0.15) is 6.04 Å². The van der Waals surface area contributed by atoms with Gasteiger partial charge in [-0.05, 0) is 25.1 Å². The van der Waals surface area contributed by atoms with E-state index in [0.29, 0.717) is 11.7 Å². The first kappa shape index (κ1) is 15.1. The van der Waals surface area contributed by atoms with Crippen LogP contribution < -0.4 is 16.4 Å². The Morgan fingerprint density at radius 1 is 1.38 bits per heavy atom. The fourth-order valence-electron chi connectivity index (χ4n) is 1.26. The number of hydrogen-bond acceptors (Lipinski definition) is 3. The molecule has 0 bridgehead atoms. The number of hydrogen-bond donors (Lipinski definition) is 3. The van der Waals surface area contributed by atoms with Crippen LogP contribution >= 0.6 is 12.2 Å². The van der Waals surface area contributed by atoms with Gasteiger partial charge in [-0.3, -0.25) is 4.79 Å². The first-order valence-corrected chi connectivity index (χ1v) is 5.64. The lowest BCUT2D eigenvalue weighted by Gasteiger charge is -2.23. The molecule has 2 atom stereocenters. The summed E-state index contributed by atoms with van der Waals surface area (Å²) in [6.07, 6.45) is 0. The molecule has 4 N–H and O–H groups in total. The molecule has 0 aliphatic carbocycles. The van der Waals surface area contributed by atoms with E-state index in [2.05, 4.69) is 10.6 Å². The highest BCUT2D eigenvalue weighted by atomic mass is 32.1. The monoisotopic (exact) mass is 247 g/mol. The van der Waals surface area contributed by atoms with Crippen molar-refractivity contribution in [3.8, 4) is 0 Å². The van der Waals surface area contributed by atoms with E-state index in [1.165, 1.54) is 0 Å². The van der Waals surface area contributed by atoms with Crippen LogP contribution in [0.4, 0.5) is 0 Å². The zero-order chi connectivity index (χ0) is 12.7. The second kappa shape index (κ2) is 7.40. The number of methoxy groups -OCH3 is 1. The molecule has 5 nitrogen and oxygen atoms in total. The summed E-state index contributed by atoms with van der Waals surface area (Å²) in [6, 6.07) is -0.361. The molecule has 0 aliphatic rings. The average Bonchev–Trinajstić information content (AvgIpc) is 2.13. The number of nitrogens with two attached hydrogens (primary N) is 1. The molecule has 0 aliphatic heterocycles. The maximum absolute atomic E-state index is 11.1. The molecule has 0 aromatic heterocycles. The summed E-state index contributed by atoms with van der Waals surface area (Å²) in [7, 11) is 1.62. The summed E-state index contributed by atoms with van der Waals surface area (Å²) in [5.74, 6) is -0.312. The number of carbonyl (C=O) groups excluding carboxylic acids is 1. The molecule has 0 saturated heterocycles. The molecular weight excluding hydrogens is 226 g/mol. The molecule has 16 heavy (non-hydrogen) atoms. The fourth-order valence-corrected chi connectivity index (χ4v) is 1.59. The van der Waals surface area contributed by atoms with Crippen LogP contribution in [0, 0.1) is 5.92 Å². The maximum atomic E-state index is 11.1. The Hall–Kier alpha value is -0.880. The number of ether oxygens (including phenoxy) is 1. The summed E-state index contributed by atoms with van der Waals surface area (Å²) in [6.45, 7) is 6.30. The van der Waals surface area contributed by atoms with Crippen LogP contribution in [-0.4, -0.2) is 36.8 Å². The zero-order valence-electron chi connectivity index (χ0n) is 10.2. The number of carbonyl (C=O) groups is 1. The van der Waals surface area contributed by atoms with Gasteiger partial charge in [-0.1, -0.05) is 13.8 Å². The van der Waals surface area contributed by atoms with Crippen molar-refractivity contribution < 1.29 is 9.53 Å². The van der Waals surface area contributed by atoms with Gasteiger partial charge < -0.3 is 21.1 Å². The summed E-state index contributed by atoms with van der Waals surface area (Å²) in [5.41, 5.74) is 5.26. The minimum absolute atomic E-state index is 0.0886. The molecule has 1 amide bonds. The van der Waals surface area contributed by atoms with Crippen molar-refractivity contribution in [1.82, 2.24) is 10.6 Å². The second-order valence-corrected chi connectivity index (χ2v) is 4.51. The Labute approximate surface area is 102 Å². The summed E-state index contributed by atoms with van der Waals surface area (Å²) < 4.78 is 4.96. The van der Waals surface area contributed by atoms with Gasteiger partial charge in [-0.2, -0.15) is 0 Å². The lowest BCUT2D eigenvalue weighted by atomic mass is 10.0. The number of primary amides is 1. The van der Waals surface area contributed by atoms with Crippen LogP contribution in [-0.2, 0) is 9.53 Å². The van der Waals surface area contributed by atoms with Crippen LogP contribution in [0.5, 0.6) is 0 Å². The molecular formula is C10H21N3O2S. The highest BCUT2D eigenvalue weighted by Crippen LogP contribution is 2.00. The van der Waals surface area contributed by atoms with Crippen LogP contribution in [0.3, 0.4) is 0 Å². The summed E-state index contributed by atoms with van der Waals surface area (Å²) in [4.78, 5) is 11.1. The van der Waals surface area contributed by atoms with Crippen LogP contribution in [0.1, 0.15) is 20.8 Å². The van der Waals surface area contributed by atoms with Gasteiger partial charge in [0.2, 0.25) is 5.91 Å². The molecule has 0 fully saturated rings. The Kier molecular flexibility index (Phi) is 7.00. The molecule has 6 heteroatoms. The first-order chi connectivity index (χ1) is 7.38. The molecule has 0 aromatic rings. The summed E-state index contributed by atoms with van der Waals surface area (Å²) >= 11 is 5.07. The Bertz CT molecular complexity index is 246. The van der Waals surface area contributed by atoms with Gasteiger partial charge in [0.25, 0.3) is 0 Å². The average molecular weight is 247 g/mol. The molecule has 0 rings (SSSR count). The summed E-state index contributed by atoms with van der Waals surface area (Å²) in [5, 5.41) is 6.32. The quantitative estimate of drug-likeness (QED) is 0.576. The van der Waals surface area contributed by atoms with Crippen LogP contribution in [0.25, 0.3) is 0 Å². The molecule has 0 saturated carbocycles. The van der Waals surface area contributed by atoms with E-state index < -0.39 is 11.9 Å². The molecule has 94 valence electrons. The normalized spacial score (nSPS) is 14.3. The van der Waals surface area contributed by atoms with Crippen molar-refractivity contribution in [2.75, 3.05) is 13.7 Å². The number of amides is 1. The standard InChI is InChI=1S/C10H21N3O2S/c1-6(2)8(9(11)14)13-10(16)12-7(3)5-15-4/h6-8H,5H2,1-4H3,(H2,11,14)(H2,12,13,16). The van der Waals surface area contributed by atoms with Gasteiger partial charge in [0.05, 0.1) is 6.61 Å². The lowest BCUT2D eigenvalue weighted by molar-refractivity contribution is -0.120. The third-order valence-corrected chi connectivity index (χ3v) is 2.29. The maximum Gasteiger partial charge on any atom is 0.240 e. The van der Waals surface area contributed by atoms with Crippen molar-refractivity contribution in [2.24, 2.45) is 11.7 Å². The minimum Gasteiger partial charge on any atom is -0.383 e. The Morgan fingerprint density at radius 2 is 1.94 bits per heavy atom. The van der Waals surface area contributed by atoms with E-state index in [-0.39, 0.29) is 12.0 Å². The third kappa shape index (κ3) is 5.87. The Morgan fingerprint density at radius 3 is 2.31 bits per heavy atom. The third-order valence-electron chi connectivity index (χ3n) is 2.05. The highest BCUT2D eigenvalue weighted by Gasteiger charge is 2.20. The van der Waals surface area contributed by atoms with Crippen molar-refractivity contribution in [2.45, 2.75) is 32.9 Å². The van der Waals surface area contributed by atoms with E-state index >= 15 is 0 Å². The lowest BCUT2D eigenvalue weighted by Crippen LogP contribution is -2.52. The Balaban J connectivity index is 4.15. The van der Waals surface area contributed by atoms with Gasteiger partial charge >= 0.3 is 0 Å². The molecule has 2 unspecified atom stereocenters. The highest BCUT2D eigenvalue weighted by molar-refractivity contribution is 7.80. The van der Waals surface area contributed by atoms with Crippen LogP contribution in [0.15, 0.2) is 0 Å². The van der Waals surface area contributed by atoms with E-state index in [0.717, 1.165) is 0 Å². The first-order valence-electron chi connectivity index (χ1n) is 5.23. The van der Waals surface area contributed by atoms with E-state index in [9.17, 15) is 4.79 Å². The smallest absolute Gasteiger partial charge is 0.240 e. The van der Waals surface area contributed by atoms with Gasteiger partial charge in [0.15, 0.2) is 5.11 Å². The van der Waals surface area contributed by atoms with Crippen molar-refractivity contribution in [3.05, 3.63) is 0 Å². The van der Waals surface area contributed by atoms with E-state index in [1.54, 1.807) is 7.11 Å². The predicted octanol–water partition coefficient (Wildman–Crippen LogP) is -0.00470. The largest absolute Gasteiger partial charge is 0.383 e. The number of thiocarbonyl (C=S) groups is 1. The van der Waals surface area contributed by atoms with Crippen molar-refractivity contribution in [3.63, 3.8) is 0 Å². The minimum atomic E-state index is -0.449. The molecule has 0 heterocycles. The number of nitrogens with one attached hydrogen (secondary N) is 2. The van der Waals surface area contributed by atoms with Crippen molar-refractivity contribution >= 4 is 23.2 Å². The van der Waals surface area contributed by atoms with Crippen molar-refractivity contribution in [1.29, 1.82) is 0 Å². The molecule has 0 spiro atoms. The number of rotatable bonds is 6. The van der Waals surface area contributed by atoms with E-state index in [4.69, 9.17) is 22.7 Å². The molecule has 0 aromatic carbocycles. The fraction of sp³-hybridized carbons (Fsp3) is 0.800. The van der Waals surface area contributed by atoms with Gasteiger partial charge in [-0.15, -0.1) is 0 Å². The SMILES string of the molecule is COCC(C)NC(=S)NC(C(N)=O)C(C)C. The topological polar surface area (TPSA) is 76.4 Å². The van der Waals surface area contributed by atoms with Crippen LogP contribution in [0.2, 0.25) is 0 Å². The van der Waals surface area contributed by atoms with E-state index in [1.807, 2.05) is 20.8 Å².